The van der Waals surface area contributed by atoms with E-state index in [0.717, 1.165) is 13.1 Å². The van der Waals surface area contributed by atoms with Crippen molar-refractivity contribution in [2.75, 3.05) is 13.1 Å². The number of unbranched alkanes of at least 4 members (excludes halogenated alkanes) is 9. The maximum absolute atomic E-state index is 5.15. The summed E-state index contributed by atoms with van der Waals surface area (Å²) in [6.45, 7) is 4.08. The Kier molecular flexibility index (Phi) is 14.1. The molecule has 0 fully saturated rings. The summed E-state index contributed by atoms with van der Waals surface area (Å²) in [5.74, 6) is 2.59. The molecule has 0 heterocycles. The van der Waals surface area contributed by atoms with E-state index >= 15 is 0 Å². The van der Waals surface area contributed by atoms with Gasteiger partial charge in [0.1, 0.15) is 0 Å². The molecule has 0 spiro atoms. The topological polar surface area (TPSA) is 12.0 Å². The van der Waals surface area contributed by atoms with Gasteiger partial charge in [-0.3, -0.25) is 0 Å². The van der Waals surface area contributed by atoms with Gasteiger partial charge in [0.05, 0.1) is 6.54 Å². The highest BCUT2D eigenvalue weighted by Crippen LogP contribution is 2.10. The summed E-state index contributed by atoms with van der Waals surface area (Å²) in [6.07, 6.45) is 19.1. The van der Waals surface area contributed by atoms with Crippen LogP contribution >= 0.6 is 0 Å². The average Bonchev–Trinajstić information content (AvgIpc) is 2.31. The first-order valence-corrected chi connectivity index (χ1v) is 7.06. The van der Waals surface area contributed by atoms with Crippen LogP contribution in [0.2, 0.25) is 0 Å². The van der Waals surface area contributed by atoms with E-state index in [2.05, 4.69) is 18.2 Å². The van der Waals surface area contributed by atoms with Gasteiger partial charge in [-0.1, -0.05) is 70.6 Å². The summed E-state index contributed by atoms with van der Waals surface area (Å²) in [5.41, 5.74) is 0. The normalized spacial score (nSPS) is 10.2. The molecule has 0 radical (unpaired) electrons. The largest absolute Gasteiger partial charge is 0.306 e. The molecule has 0 aliphatic rings. The highest BCUT2D eigenvalue weighted by molar-refractivity contribution is 4.86. The quantitative estimate of drug-likeness (QED) is 0.387. The molecule has 16 heavy (non-hydrogen) atoms. The molecular weight excluding hydrogens is 194 g/mol. The van der Waals surface area contributed by atoms with Crippen LogP contribution in [-0.4, -0.2) is 13.1 Å². The molecule has 0 bridgehead atoms. The van der Waals surface area contributed by atoms with Gasteiger partial charge in [-0.15, -0.1) is 6.42 Å². The first kappa shape index (κ1) is 15.5. The molecule has 1 N–H and O–H groups in total. The number of hydrogen-bond acceptors (Lipinski definition) is 1. The zero-order valence-electron chi connectivity index (χ0n) is 11.1. The van der Waals surface area contributed by atoms with Gasteiger partial charge in [-0.05, 0) is 13.0 Å². The molecule has 0 atom stereocenters. The fourth-order valence-corrected chi connectivity index (χ4v) is 1.90. The summed E-state index contributed by atoms with van der Waals surface area (Å²) >= 11 is 0. The molecular formula is C15H29N. The molecule has 0 saturated heterocycles. The van der Waals surface area contributed by atoms with Crippen LogP contribution in [0, 0.1) is 12.3 Å². The maximum atomic E-state index is 5.15. The van der Waals surface area contributed by atoms with Crippen LogP contribution in [0.15, 0.2) is 0 Å². The third-order valence-corrected chi connectivity index (χ3v) is 2.93. The average molecular weight is 223 g/mol. The highest BCUT2D eigenvalue weighted by Gasteiger charge is 1.92. The van der Waals surface area contributed by atoms with Crippen molar-refractivity contribution in [2.24, 2.45) is 0 Å². The van der Waals surface area contributed by atoms with Crippen molar-refractivity contribution < 1.29 is 0 Å². The van der Waals surface area contributed by atoms with Crippen molar-refractivity contribution in [3.8, 4) is 12.3 Å². The first-order valence-electron chi connectivity index (χ1n) is 7.06. The minimum absolute atomic E-state index is 0.720. The Hall–Kier alpha value is -0.480. The van der Waals surface area contributed by atoms with Crippen molar-refractivity contribution in [1.29, 1.82) is 0 Å². The molecule has 0 rings (SSSR count). The number of nitrogens with one attached hydrogen (secondary N) is 1. The number of rotatable bonds is 12. The monoisotopic (exact) mass is 223 g/mol. The number of hydrogen-bond donors (Lipinski definition) is 1. The molecule has 0 saturated carbocycles. The van der Waals surface area contributed by atoms with Gasteiger partial charge in [0.25, 0.3) is 0 Å². The van der Waals surface area contributed by atoms with Gasteiger partial charge >= 0.3 is 0 Å². The smallest absolute Gasteiger partial charge is 0.0573 e. The van der Waals surface area contributed by atoms with Crippen molar-refractivity contribution in [2.45, 2.75) is 71.1 Å². The minimum atomic E-state index is 0.720. The minimum Gasteiger partial charge on any atom is -0.306 e. The Morgan fingerprint density at radius 1 is 0.812 bits per heavy atom. The second-order valence-corrected chi connectivity index (χ2v) is 4.56. The molecule has 1 nitrogen and oxygen atoms in total. The van der Waals surface area contributed by atoms with Gasteiger partial charge in [0.2, 0.25) is 0 Å². The lowest BCUT2D eigenvalue weighted by atomic mass is 10.1. The van der Waals surface area contributed by atoms with Gasteiger partial charge < -0.3 is 5.32 Å². The highest BCUT2D eigenvalue weighted by atomic mass is 14.8. The van der Waals surface area contributed by atoms with E-state index in [4.69, 9.17) is 6.42 Å². The Bertz CT molecular complexity index is 157. The molecule has 0 aromatic heterocycles. The second kappa shape index (κ2) is 14.5. The predicted molar refractivity (Wildman–Crippen MR) is 73.5 cm³/mol. The molecule has 1 heteroatoms. The summed E-state index contributed by atoms with van der Waals surface area (Å²) in [4.78, 5) is 0. The van der Waals surface area contributed by atoms with E-state index in [0.29, 0.717) is 0 Å². The molecule has 0 aromatic carbocycles. The fraction of sp³-hybridized carbons (Fsp3) is 0.867. The van der Waals surface area contributed by atoms with E-state index in [-0.39, 0.29) is 0 Å². The summed E-state index contributed by atoms with van der Waals surface area (Å²) in [6, 6.07) is 0. The molecule has 0 aliphatic heterocycles. The SMILES string of the molecule is C#CCNCCCCCCCCCCCC. The standard InChI is InChI=1S/C15H29N/c1-3-5-6-7-8-9-10-11-12-13-15-16-14-4-2/h2,16H,3,5-15H2,1H3. The van der Waals surface area contributed by atoms with Crippen LogP contribution in [0.4, 0.5) is 0 Å². The zero-order chi connectivity index (χ0) is 11.9. The van der Waals surface area contributed by atoms with Crippen LogP contribution in [0.5, 0.6) is 0 Å². The van der Waals surface area contributed by atoms with E-state index in [9.17, 15) is 0 Å². The van der Waals surface area contributed by atoms with E-state index in [1.54, 1.807) is 0 Å². The summed E-state index contributed by atoms with van der Waals surface area (Å²) < 4.78 is 0. The Balaban J connectivity index is 2.86. The Morgan fingerprint density at radius 3 is 1.81 bits per heavy atom. The lowest BCUT2D eigenvalue weighted by Crippen LogP contribution is -2.14. The van der Waals surface area contributed by atoms with E-state index in [1.165, 1.54) is 64.2 Å². The first-order chi connectivity index (χ1) is 7.91. The second-order valence-electron chi connectivity index (χ2n) is 4.56. The Morgan fingerprint density at radius 2 is 1.31 bits per heavy atom. The van der Waals surface area contributed by atoms with Crippen molar-refractivity contribution in [3.63, 3.8) is 0 Å². The van der Waals surface area contributed by atoms with Gasteiger partial charge in [0.15, 0.2) is 0 Å². The predicted octanol–water partition coefficient (Wildman–Crippen LogP) is 4.13. The third-order valence-electron chi connectivity index (χ3n) is 2.93. The lowest BCUT2D eigenvalue weighted by molar-refractivity contribution is 0.549. The lowest BCUT2D eigenvalue weighted by Gasteiger charge is -2.02. The van der Waals surface area contributed by atoms with E-state index in [1.807, 2.05) is 0 Å². The molecule has 94 valence electrons. The maximum Gasteiger partial charge on any atom is 0.0573 e. The van der Waals surface area contributed by atoms with Crippen LogP contribution in [0.3, 0.4) is 0 Å². The Labute approximate surface area is 102 Å². The number of terminal acetylenes is 1. The molecule has 0 aromatic rings. The molecule has 0 unspecified atom stereocenters. The molecule has 0 amide bonds. The van der Waals surface area contributed by atoms with Crippen molar-refractivity contribution in [1.82, 2.24) is 5.32 Å². The van der Waals surface area contributed by atoms with Crippen LogP contribution in [0.1, 0.15) is 71.1 Å². The van der Waals surface area contributed by atoms with Crippen LogP contribution in [-0.2, 0) is 0 Å². The van der Waals surface area contributed by atoms with Gasteiger partial charge in [0, 0.05) is 0 Å². The molecule has 0 aliphatic carbocycles. The van der Waals surface area contributed by atoms with E-state index < -0.39 is 0 Å². The third kappa shape index (κ3) is 13.5. The summed E-state index contributed by atoms with van der Waals surface area (Å²) in [7, 11) is 0. The van der Waals surface area contributed by atoms with Crippen molar-refractivity contribution >= 4 is 0 Å². The van der Waals surface area contributed by atoms with Crippen LogP contribution in [0.25, 0.3) is 0 Å². The van der Waals surface area contributed by atoms with Gasteiger partial charge in [-0.2, -0.15) is 0 Å². The van der Waals surface area contributed by atoms with Gasteiger partial charge in [-0.25, -0.2) is 0 Å². The summed E-state index contributed by atoms with van der Waals surface area (Å²) in [5, 5.41) is 3.22. The fourth-order valence-electron chi connectivity index (χ4n) is 1.90. The van der Waals surface area contributed by atoms with Crippen molar-refractivity contribution in [3.05, 3.63) is 0 Å². The zero-order valence-corrected chi connectivity index (χ0v) is 11.1. The van der Waals surface area contributed by atoms with Crippen LogP contribution < -0.4 is 5.32 Å².